The van der Waals surface area contributed by atoms with E-state index in [0.717, 1.165) is 23.4 Å². The van der Waals surface area contributed by atoms with E-state index in [1.54, 1.807) is 6.92 Å². The highest BCUT2D eigenvalue weighted by molar-refractivity contribution is 7.88. The summed E-state index contributed by atoms with van der Waals surface area (Å²) in [5, 5.41) is 0. The van der Waals surface area contributed by atoms with Crippen LogP contribution in [0.5, 0.6) is 0 Å². The third-order valence-corrected chi connectivity index (χ3v) is 3.29. The Bertz CT molecular complexity index is 283. The molecule has 0 aromatic carbocycles. The lowest BCUT2D eigenvalue weighted by atomic mass is 10.1. The smallest absolute Gasteiger partial charge is 0.236 e. The van der Waals surface area contributed by atoms with Crippen molar-refractivity contribution in [3.8, 4) is 0 Å². The van der Waals surface area contributed by atoms with E-state index < -0.39 is 10.0 Å². The van der Waals surface area contributed by atoms with Gasteiger partial charge in [0, 0.05) is 12.5 Å². The van der Waals surface area contributed by atoms with E-state index >= 15 is 0 Å². The van der Waals surface area contributed by atoms with Crippen LogP contribution >= 0.6 is 0 Å². The molecular formula is C7H13NO3S. The van der Waals surface area contributed by atoms with Crippen LogP contribution in [0.1, 0.15) is 26.2 Å². The van der Waals surface area contributed by atoms with Crippen LogP contribution in [-0.2, 0) is 14.8 Å². The molecule has 1 saturated heterocycles. The Kier molecular flexibility index (Phi) is 2.41. The van der Waals surface area contributed by atoms with Crippen LogP contribution in [0, 0.1) is 0 Å². The number of sulfonamides is 1. The number of piperidine rings is 1. The summed E-state index contributed by atoms with van der Waals surface area (Å²) < 4.78 is 23.2. The van der Waals surface area contributed by atoms with Crippen molar-refractivity contribution >= 4 is 15.9 Å². The first-order valence-electron chi connectivity index (χ1n) is 3.95. The van der Waals surface area contributed by atoms with Crippen LogP contribution in [0.3, 0.4) is 0 Å². The SMILES string of the molecule is CC1CCCC(=O)N1S(C)(=O)=O. The second-order valence-corrected chi connectivity index (χ2v) is 5.05. The molecule has 0 N–H and O–H groups in total. The van der Waals surface area contributed by atoms with Crippen LogP contribution in [0.2, 0.25) is 0 Å². The molecule has 1 amide bonds. The van der Waals surface area contributed by atoms with Gasteiger partial charge in [0.05, 0.1) is 6.26 Å². The highest BCUT2D eigenvalue weighted by Crippen LogP contribution is 2.20. The Morgan fingerprint density at radius 3 is 2.42 bits per heavy atom. The van der Waals surface area contributed by atoms with Crippen molar-refractivity contribution in [1.29, 1.82) is 0 Å². The quantitative estimate of drug-likeness (QED) is 0.601. The first-order valence-corrected chi connectivity index (χ1v) is 5.80. The fourth-order valence-corrected chi connectivity index (χ4v) is 2.75. The van der Waals surface area contributed by atoms with Gasteiger partial charge < -0.3 is 0 Å². The Hall–Kier alpha value is -0.580. The number of hydrogen-bond donors (Lipinski definition) is 0. The summed E-state index contributed by atoms with van der Waals surface area (Å²) in [5.41, 5.74) is 0. The van der Waals surface area contributed by atoms with Crippen molar-refractivity contribution in [2.24, 2.45) is 0 Å². The van der Waals surface area contributed by atoms with Gasteiger partial charge in [0.15, 0.2) is 0 Å². The molecule has 0 saturated carbocycles. The lowest BCUT2D eigenvalue weighted by molar-refractivity contribution is -0.129. The normalized spacial score (nSPS) is 26.0. The molecule has 0 aliphatic carbocycles. The molecule has 1 fully saturated rings. The minimum Gasteiger partial charge on any atom is -0.274 e. The fraction of sp³-hybridized carbons (Fsp3) is 0.857. The van der Waals surface area contributed by atoms with E-state index in [0.29, 0.717) is 6.42 Å². The molecular weight excluding hydrogens is 178 g/mol. The summed E-state index contributed by atoms with van der Waals surface area (Å²) in [6, 6.07) is -0.166. The summed E-state index contributed by atoms with van der Waals surface area (Å²) in [6.45, 7) is 1.76. The second-order valence-electron chi connectivity index (χ2n) is 3.19. The van der Waals surface area contributed by atoms with Crippen molar-refractivity contribution in [3.05, 3.63) is 0 Å². The van der Waals surface area contributed by atoms with Gasteiger partial charge in [-0.2, -0.15) is 0 Å². The lowest BCUT2D eigenvalue weighted by Gasteiger charge is -2.30. The number of nitrogens with zero attached hydrogens (tertiary/aromatic N) is 1. The van der Waals surface area contributed by atoms with Crippen LogP contribution in [-0.4, -0.2) is 30.9 Å². The van der Waals surface area contributed by atoms with Gasteiger partial charge in [0.2, 0.25) is 15.9 Å². The number of carbonyl (C=O) groups excluding carboxylic acids is 1. The van der Waals surface area contributed by atoms with Crippen molar-refractivity contribution in [2.45, 2.75) is 32.2 Å². The average Bonchev–Trinajstić information content (AvgIpc) is 1.82. The van der Waals surface area contributed by atoms with Crippen molar-refractivity contribution < 1.29 is 13.2 Å². The lowest BCUT2D eigenvalue weighted by Crippen LogP contribution is -2.45. The Balaban J connectivity index is 2.92. The predicted octanol–water partition coefficient (Wildman–Crippen LogP) is 0.347. The first-order chi connectivity index (χ1) is 5.43. The maximum atomic E-state index is 11.2. The molecule has 0 radical (unpaired) electrons. The van der Waals surface area contributed by atoms with Gasteiger partial charge in [0.25, 0.3) is 0 Å². The summed E-state index contributed by atoms with van der Waals surface area (Å²) in [5.74, 6) is -0.267. The van der Waals surface area contributed by atoms with Gasteiger partial charge in [0.1, 0.15) is 0 Å². The molecule has 12 heavy (non-hydrogen) atoms. The van der Waals surface area contributed by atoms with Crippen LogP contribution in [0.4, 0.5) is 0 Å². The molecule has 1 atom stereocenters. The zero-order chi connectivity index (χ0) is 9.35. The first kappa shape index (κ1) is 9.51. The summed E-state index contributed by atoms with van der Waals surface area (Å²) in [7, 11) is -3.34. The molecule has 1 aliphatic heterocycles. The molecule has 1 unspecified atom stereocenters. The number of hydrogen-bond acceptors (Lipinski definition) is 3. The van der Waals surface area contributed by atoms with E-state index in [9.17, 15) is 13.2 Å². The monoisotopic (exact) mass is 191 g/mol. The zero-order valence-electron chi connectivity index (χ0n) is 7.28. The summed E-state index contributed by atoms with van der Waals surface area (Å²) in [6.07, 6.45) is 3.01. The van der Waals surface area contributed by atoms with Crippen LogP contribution in [0.25, 0.3) is 0 Å². The molecule has 0 aromatic rings. The van der Waals surface area contributed by atoms with E-state index in [4.69, 9.17) is 0 Å². The molecule has 0 aromatic heterocycles. The largest absolute Gasteiger partial charge is 0.274 e. The molecule has 1 rings (SSSR count). The topological polar surface area (TPSA) is 54.5 Å². The molecule has 0 spiro atoms. The maximum Gasteiger partial charge on any atom is 0.236 e. The Labute approximate surface area is 72.6 Å². The molecule has 0 bridgehead atoms. The van der Waals surface area contributed by atoms with Gasteiger partial charge in [-0.1, -0.05) is 0 Å². The molecule has 70 valence electrons. The highest BCUT2D eigenvalue weighted by Gasteiger charge is 2.31. The standard InChI is InChI=1S/C7H13NO3S/c1-6-4-3-5-7(9)8(6)12(2,10)11/h6H,3-5H2,1-2H3. The van der Waals surface area contributed by atoms with Gasteiger partial charge in [-0.05, 0) is 19.8 Å². The fourth-order valence-electron chi connectivity index (χ4n) is 1.53. The number of rotatable bonds is 1. The van der Waals surface area contributed by atoms with Crippen LogP contribution in [0.15, 0.2) is 0 Å². The third-order valence-electron chi connectivity index (χ3n) is 2.02. The van der Waals surface area contributed by atoms with Gasteiger partial charge >= 0.3 is 0 Å². The summed E-state index contributed by atoms with van der Waals surface area (Å²) in [4.78, 5) is 11.2. The average molecular weight is 191 g/mol. The minimum atomic E-state index is -3.34. The second kappa shape index (κ2) is 3.05. The minimum absolute atomic E-state index is 0.166. The highest BCUT2D eigenvalue weighted by atomic mass is 32.2. The third kappa shape index (κ3) is 1.77. The Morgan fingerprint density at radius 2 is 2.08 bits per heavy atom. The van der Waals surface area contributed by atoms with E-state index in [2.05, 4.69) is 0 Å². The van der Waals surface area contributed by atoms with Gasteiger partial charge in [-0.3, -0.25) is 4.79 Å². The Morgan fingerprint density at radius 1 is 1.50 bits per heavy atom. The predicted molar refractivity (Wildman–Crippen MR) is 45.0 cm³/mol. The molecule has 1 aliphatic rings. The maximum absolute atomic E-state index is 11.2. The number of carbonyl (C=O) groups is 1. The van der Waals surface area contributed by atoms with Gasteiger partial charge in [-0.25, -0.2) is 12.7 Å². The van der Waals surface area contributed by atoms with E-state index in [1.807, 2.05) is 0 Å². The van der Waals surface area contributed by atoms with Crippen LogP contribution < -0.4 is 0 Å². The summed E-state index contributed by atoms with van der Waals surface area (Å²) >= 11 is 0. The van der Waals surface area contributed by atoms with Crippen molar-refractivity contribution in [3.63, 3.8) is 0 Å². The van der Waals surface area contributed by atoms with Crippen molar-refractivity contribution in [2.75, 3.05) is 6.26 Å². The van der Waals surface area contributed by atoms with Gasteiger partial charge in [-0.15, -0.1) is 0 Å². The molecule has 5 heteroatoms. The molecule has 1 heterocycles. The van der Waals surface area contributed by atoms with Crippen molar-refractivity contribution in [1.82, 2.24) is 4.31 Å². The molecule has 4 nitrogen and oxygen atoms in total. The zero-order valence-corrected chi connectivity index (χ0v) is 8.10. The van der Waals surface area contributed by atoms with E-state index in [1.165, 1.54) is 0 Å². The number of amides is 1. The van der Waals surface area contributed by atoms with E-state index in [-0.39, 0.29) is 11.9 Å².